The summed E-state index contributed by atoms with van der Waals surface area (Å²) in [5.41, 5.74) is 1.94. The lowest BCUT2D eigenvalue weighted by Crippen LogP contribution is -2.37. The highest BCUT2D eigenvalue weighted by molar-refractivity contribution is 5.73. The Hall–Kier alpha value is -1.89. The molecule has 1 unspecified atom stereocenters. The Bertz CT molecular complexity index is 626. The molecule has 24 heavy (non-hydrogen) atoms. The van der Waals surface area contributed by atoms with Crippen molar-refractivity contribution in [3.8, 4) is 0 Å². The molecule has 2 aliphatic rings. The van der Waals surface area contributed by atoms with E-state index < -0.39 is 0 Å². The Morgan fingerprint density at radius 3 is 2.83 bits per heavy atom. The average Bonchev–Trinajstić information content (AvgIpc) is 2.98. The van der Waals surface area contributed by atoms with Gasteiger partial charge < -0.3 is 19.9 Å². The van der Waals surface area contributed by atoms with Crippen LogP contribution >= 0.6 is 0 Å². The van der Waals surface area contributed by atoms with Crippen molar-refractivity contribution >= 4 is 17.7 Å². The van der Waals surface area contributed by atoms with E-state index in [1.165, 1.54) is 0 Å². The van der Waals surface area contributed by atoms with E-state index >= 15 is 0 Å². The van der Waals surface area contributed by atoms with Gasteiger partial charge in [0.15, 0.2) is 0 Å². The SMILES string of the molecule is CC(=O)N1CCc2c(nc(N(C)C)nc2NCC2(C)CCCO2)C1. The van der Waals surface area contributed by atoms with Crippen molar-refractivity contribution in [2.24, 2.45) is 0 Å². The zero-order chi connectivity index (χ0) is 17.3. The van der Waals surface area contributed by atoms with E-state index in [1.807, 2.05) is 23.9 Å². The summed E-state index contributed by atoms with van der Waals surface area (Å²) >= 11 is 0. The number of nitrogens with one attached hydrogen (secondary N) is 1. The summed E-state index contributed by atoms with van der Waals surface area (Å²) in [4.78, 5) is 24.8. The predicted octanol–water partition coefficient (Wildman–Crippen LogP) is 1.43. The van der Waals surface area contributed by atoms with Crippen LogP contribution in [0, 0.1) is 0 Å². The first-order valence-corrected chi connectivity index (χ1v) is 8.58. The van der Waals surface area contributed by atoms with Gasteiger partial charge in [0.05, 0.1) is 17.8 Å². The Morgan fingerprint density at radius 1 is 1.42 bits per heavy atom. The zero-order valence-corrected chi connectivity index (χ0v) is 15.1. The second kappa shape index (κ2) is 6.55. The second-order valence-corrected chi connectivity index (χ2v) is 7.14. The fraction of sp³-hybridized carbons (Fsp3) is 0.706. The number of hydrogen-bond donors (Lipinski definition) is 1. The quantitative estimate of drug-likeness (QED) is 0.899. The summed E-state index contributed by atoms with van der Waals surface area (Å²) in [7, 11) is 3.86. The third-order valence-electron chi connectivity index (χ3n) is 4.83. The van der Waals surface area contributed by atoms with Gasteiger partial charge >= 0.3 is 0 Å². The zero-order valence-electron chi connectivity index (χ0n) is 15.1. The highest BCUT2D eigenvalue weighted by atomic mass is 16.5. The molecule has 1 aromatic rings. The normalized spacial score (nSPS) is 23.1. The highest BCUT2D eigenvalue weighted by Gasteiger charge is 2.31. The lowest BCUT2D eigenvalue weighted by atomic mass is 10.0. The largest absolute Gasteiger partial charge is 0.373 e. The lowest BCUT2D eigenvalue weighted by molar-refractivity contribution is -0.129. The summed E-state index contributed by atoms with van der Waals surface area (Å²) in [6, 6.07) is 0. The number of carbonyl (C=O) groups is 1. The molecule has 3 rings (SSSR count). The molecule has 1 amide bonds. The molecule has 2 aliphatic heterocycles. The number of ether oxygens (including phenoxy) is 1. The average molecular weight is 333 g/mol. The monoisotopic (exact) mass is 333 g/mol. The van der Waals surface area contributed by atoms with Gasteiger partial charge in [-0.05, 0) is 26.2 Å². The second-order valence-electron chi connectivity index (χ2n) is 7.14. The molecule has 132 valence electrons. The van der Waals surface area contributed by atoms with Gasteiger partial charge in [-0.3, -0.25) is 4.79 Å². The molecule has 1 atom stereocenters. The van der Waals surface area contributed by atoms with Crippen LogP contribution in [0.5, 0.6) is 0 Å². The van der Waals surface area contributed by atoms with Crippen molar-refractivity contribution in [1.29, 1.82) is 0 Å². The maximum Gasteiger partial charge on any atom is 0.227 e. The molecule has 1 fully saturated rings. The van der Waals surface area contributed by atoms with Crippen molar-refractivity contribution in [3.63, 3.8) is 0 Å². The third kappa shape index (κ3) is 3.45. The number of nitrogens with zero attached hydrogens (tertiary/aromatic N) is 4. The van der Waals surface area contributed by atoms with Crippen LogP contribution in [0.15, 0.2) is 0 Å². The van der Waals surface area contributed by atoms with Crippen LogP contribution in [0.1, 0.15) is 37.9 Å². The molecular weight excluding hydrogens is 306 g/mol. The van der Waals surface area contributed by atoms with E-state index in [0.29, 0.717) is 12.5 Å². The standard InChI is InChI=1S/C17H27N5O2/c1-12(23)22-8-6-13-14(10-22)19-16(21(3)4)20-15(13)18-11-17(2)7-5-9-24-17/h5-11H2,1-4H3,(H,18,19,20). The number of anilines is 2. The molecule has 7 heteroatoms. The van der Waals surface area contributed by atoms with Gasteiger partial charge in [-0.2, -0.15) is 4.98 Å². The number of fused-ring (bicyclic) bond motifs is 1. The molecular formula is C17H27N5O2. The van der Waals surface area contributed by atoms with Gasteiger partial charge in [-0.15, -0.1) is 0 Å². The number of aromatic nitrogens is 2. The van der Waals surface area contributed by atoms with Crippen LogP contribution in [-0.4, -0.2) is 60.2 Å². The molecule has 0 radical (unpaired) electrons. The molecule has 0 spiro atoms. The van der Waals surface area contributed by atoms with E-state index in [2.05, 4.69) is 17.2 Å². The number of rotatable bonds is 4. The molecule has 3 heterocycles. The minimum Gasteiger partial charge on any atom is -0.373 e. The fourth-order valence-corrected chi connectivity index (χ4v) is 3.28. The van der Waals surface area contributed by atoms with Crippen LogP contribution in [0.3, 0.4) is 0 Å². The van der Waals surface area contributed by atoms with Crippen molar-refractivity contribution < 1.29 is 9.53 Å². The lowest BCUT2D eigenvalue weighted by Gasteiger charge is -2.30. The summed E-state index contributed by atoms with van der Waals surface area (Å²) < 4.78 is 5.86. The number of carbonyl (C=O) groups excluding carboxylic acids is 1. The molecule has 7 nitrogen and oxygen atoms in total. The summed E-state index contributed by atoms with van der Waals surface area (Å²) in [5.74, 6) is 1.63. The van der Waals surface area contributed by atoms with E-state index in [0.717, 1.165) is 56.0 Å². The van der Waals surface area contributed by atoms with Crippen LogP contribution in [0.25, 0.3) is 0 Å². The topological polar surface area (TPSA) is 70.6 Å². The van der Waals surface area contributed by atoms with Crippen molar-refractivity contribution in [2.75, 3.05) is 44.0 Å². The van der Waals surface area contributed by atoms with E-state index in [4.69, 9.17) is 9.72 Å². The van der Waals surface area contributed by atoms with Crippen LogP contribution in [0.4, 0.5) is 11.8 Å². The van der Waals surface area contributed by atoms with Crippen LogP contribution < -0.4 is 10.2 Å². The van der Waals surface area contributed by atoms with Gasteiger partial charge in [0.1, 0.15) is 5.82 Å². The Morgan fingerprint density at radius 2 is 2.21 bits per heavy atom. The molecule has 1 N–H and O–H groups in total. The molecule has 0 saturated carbocycles. The fourth-order valence-electron chi connectivity index (χ4n) is 3.28. The first kappa shape index (κ1) is 17.0. The van der Waals surface area contributed by atoms with E-state index in [9.17, 15) is 4.79 Å². The first-order valence-electron chi connectivity index (χ1n) is 8.58. The predicted molar refractivity (Wildman–Crippen MR) is 93.2 cm³/mol. The maximum absolute atomic E-state index is 11.7. The van der Waals surface area contributed by atoms with Crippen LogP contribution in [-0.2, 0) is 22.5 Å². The number of hydrogen-bond acceptors (Lipinski definition) is 6. The van der Waals surface area contributed by atoms with Crippen molar-refractivity contribution in [3.05, 3.63) is 11.3 Å². The Labute approximate surface area is 143 Å². The van der Waals surface area contributed by atoms with Gasteiger partial charge in [0.25, 0.3) is 0 Å². The minimum absolute atomic E-state index is 0.0899. The van der Waals surface area contributed by atoms with Gasteiger partial charge in [0.2, 0.25) is 11.9 Å². The van der Waals surface area contributed by atoms with E-state index in [-0.39, 0.29) is 11.5 Å². The smallest absolute Gasteiger partial charge is 0.227 e. The van der Waals surface area contributed by atoms with Crippen molar-refractivity contribution in [2.45, 2.75) is 45.3 Å². The number of amides is 1. The van der Waals surface area contributed by atoms with Gasteiger partial charge in [-0.25, -0.2) is 4.98 Å². The van der Waals surface area contributed by atoms with Gasteiger partial charge in [-0.1, -0.05) is 0 Å². The summed E-state index contributed by atoms with van der Waals surface area (Å²) in [6.07, 6.45) is 2.95. The van der Waals surface area contributed by atoms with Crippen molar-refractivity contribution in [1.82, 2.24) is 14.9 Å². The molecule has 1 aromatic heterocycles. The molecule has 0 bridgehead atoms. The first-order chi connectivity index (χ1) is 11.4. The van der Waals surface area contributed by atoms with Gasteiger partial charge in [0, 0.05) is 46.3 Å². The molecule has 0 aromatic carbocycles. The minimum atomic E-state index is -0.129. The summed E-state index contributed by atoms with van der Waals surface area (Å²) in [6.45, 7) is 6.59. The molecule has 0 aliphatic carbocycles. The van der Waals surface area contributed by atoms with E-state index in [1.54, 1.807) is 6.92 Å². The third-order valence-corrected chi connectivity index (χ3v) is 4.83. The Balaban J connectivity index is 1.86. The Kier molecular flexibility index (Phi) is 4.62. The molecule has 1 saturated heterocycles. The van der Waals surface area contributed by atoms with Crippen LogP contribution in [0.2, 0.25) is 0 Å². The summed E-state index contributed by atoms with van der Waals surface area (Å²) in [5, 5.41) is 3.49. The highest BCUT2D eigenvalue weighted by Crippen LogP contribution is 2.29. The maximum atomic E-state index is 11.7.